The van der Waals surface area contributed by atoms with E-state index in [2.05, 4.69) is 15.6 Å². The summed E-state index contributed by atoms with van der Waals surface area (Å²) >= 11 is 6.23. The number of nitrogens with one attached hydrogen (secondary N) is 2. The van der Waals surface area contributed by atoms with E-state index in [-0.39, 0.29) is 30.1 Å². The molecule has 1 saturated heterocycles. The largest absolute Gasteiger partial charge is 0.436 e. The lowest BCUT2D eigenvalue weighted by molar-refractivity contribution is -0.133. The van der Waals surface area contributed by atoms with Crippen LogP contribution in [0, 0.1) is 11.3 Å². The first kappa shape index (κ1) is 24.3. The molecule has 1 spiro atoms. The van der Waals surface area contributed by atoms with Crippen LogP contribution in [0.2, 0.25) is 5.02 Å². The average Bonchev–Trinajstić information content (AvgIpc) is 3.33. The lowest BCUT2D eigenvalue weighted by Gasteiger charge is -2.35. The van der Waals surface area contributed by atoms with Gasteiger partial charge in [0.2, 0.25) is 5.91 Å². The van der Waals surface area contributed by atoms with Gasteiger partial charge in [-0.2, -0.15) is 5.26 Å². The Morgan fingerprint density at radius 1 is 1.22 bits per heavy atom. The number of anilines is 1. The highest BCUT2D eigenvalue weighted by Crippen LogP contribution is 2.43. The minimum absolute atomic E-state index is 0.131. The fraction of sp³-hybridized carbons (Fsp3) is 0.222. The standard InChI is InChI=1S/C27H22ClN5O4/c28-19-7-9-22-21(13-19)27(37-26(36)32-22)10-11-33(16-27)25(35)23(12-17-4-2-1-3-5-17)31-24(34)18-6-8-20(14-29)30-15-18/h1-9,13,15,23H,10-12,16H2,(H,31,34)(H,32,36)/t23-,27?/m0/s1. The number of fused-ring (bicyclic) bond motifs is 2. The van der Waals surface area contributed by atoms with Crippen LogP contribution in [0.25, 0.3) is 0 Å². The fourth-order valence-electron chi connectivity index (χ4n) is 4.75. The van der Waals surface area contributed by atoms with Crippen LogP contribution in [0.3, 0.4) is 0 Å². The Hall–Kier alpha value is -4.42. The van der Waals surface area contributed by atoms with Gasteiger partial charge in [0.05, 0.1) is 17.8 Å². The van der Waals surface area contributed by atoms with Gasteiger partial charge in [-0.05, 0) is 35.9 Å². The number of rotatable bonds is 5. The van der Waals surface area contributed by atoms with Gasteiger partial charge < -0.3 is 15.0 Å². The third-order valence-corrected chi connectivity index (χ3v) is 6.80. The van der Waals surface area contributed by atoms with E-state index in [1.807, 2.05) is 36.4 Å². The van der Waals surface area contributed by atoms with E-state index in [1.54, 1.807) is 23.1 Å². The van der Waals surface area contributed by atoms with Crippen molar-refractivity contribution in [3.05, 3.63) is 94.3 Å². The molecule has 1 unspecified atom stereocenters. The molecule has 0 radical (unpaired) electrons. The van der Waals surface area contributed by atoms with Crippen LogP contribution < -0.4 is 10.6 Å². The average molecular weight is 516 g/mol. The molecule has 0 bridgehead atoms. The molecular formula is C27H22ClN5O4. The summed E-state index contributed by atoms with van der Waals surface area (Å²) in [5.41, 5.74) is 1.57. The number of carbonyl (C=O) groups is 3. The SMILES string of the molecule is N#Cc1ccc(C(=O)N[C@@H](Cc2ccccc2)C(=O)N2CCC3(C2)OC(=O)Nc2ccc(Cl)cc23)cn1. The molecular weight excluding hydrogens is 494 g/mol. The molecule has 3 heterocycles. The zero-order chi connectivity index (χ0) is 26.0. The number of benzene rings is 2. The normalized spacial score (nSPS) is 18.8. The molecule has 3 amide bonds. The van der Waals surface area contributed by atoms with E-state index >= 15 is 0 Å². The number of nitrogens with zero attached hydrogens (tertiary/aromatic N) is 3. The van der Waals surface area contributed by atoms with Crippen molar-refractivity contribution in [3.8, 4) is 6.07 Å². The Morgan fingerprint density at radius 2 is 2.03 bits per heavy atom. The van der Waals surface area contributed by atoms with Crippen molar-refractivity contribution in [3.63, 3.8) is 0 Å². The summed E-state index contributed by atoms with van der Waals surface area (Å²) in [5, 5.41) is 15.0. The van der Waals surface area contributed by atoms with Crippen LogP contribution in [0.4, 0.5) is 10.5 Å². The second kappa shape index (κ2) is 9.91. The minimum Gasteiger partial charge on any atom is -0.436 e. The van der Waals surface area contributed by atoms with Gasteiger partial charge in [0, 0.05) is 36.2 Å². The van der Waals surface area contributed by atoms with Crippen molar-refractivity contribution in [1.29, 1.82) is 5.26 Å². The van der Waals surface area contributed by atoms with Gasteiger partial charge in [-0.15, -0.1) is 0 Å². The van der Waals surface area contributed by atoms with Crippen molar-refractivity contribution in [2.45, 2.75) is 24.5 Å². The molecule has 2 aliphatic heterocycles. The summed E-state index contributed by atoms with van der Waals surface area (Å²) in [4.78, 5) is 44.6. The number of pyridine rings is 1. The van der Waals surface area contributed by atoms with Crippen LogP contribution in [0.5, 0.6) is 0 Å². The van der Waals surface area contributed by atoms with Crippen LogP contribution in [-0.4, -0.2) is 46.9 Å². The molecule has 1 aromatic heterocycles. The predicted octanol–water partition coefficient (Wildman–Crippen LogP) is 3.64. The number of hydrogen-bond acceptors (Lipinski definition) is 6. The lowest BCUT2D eigenvalue weighted by Crippen LogP contribution is -2.50. The summed E-state index contributed by atoms with van der Waals surface area (Å²) in [6.45, 7) is 0.462. The van der Waals surface area contributed by atoms with E-state index in [1.165, 1.54) is 18.3 Å². The lowest BCUT2D eigenvalue weighted by atomic mass is 9.90. The molecule has 5 rings (SSSR count). The van der Waals surface area contributed by atoms with Gasteiger partial charge in [-0.3, -0.25) is 14.9 Å². The molecule has 2 atom stereocenters. The van der Waals surface area contributed by atoms with Gasteiger partial charge >= 0.3 is 6.09 Å². The highest BCUT2D eigenvalue weighted by Gasteiger charge is 2.49. The first-order chi connectivity index (χ1) is 17.9. The summed E-state index contributed by atoms with van der Waals surface area (Å²) in [6, 6.07) is 18.5. The van der Waals surface area contributed by atoms with Crippen molar-refractivity contribution in [2.24, 2.45) is 0 Å². The van der Waals surface area contributed by atoms with E-state index in [4.69, 9.17) is 21.6 Å². The van der Waals surface area contributed by atoms with Crippen molar-refractivity contribution >= 4 is 35.2 Å². The van der Waals surface area contributed by atoms with E-state index < -0.39 is 23.6 Å². The number of ether oxygens (including phenoxy) is 1. The fourth-order valence-corrected chi connectivity index (χ4v) is 4.92. The Morgan fingerprint density at radius 3 is 2.76 bits per heavy atom. The first-order valence-electron chi connectivity index (χ1n) is 11.7. The second-order valence-electron chi connectivity index (χ2n) is 8.97. The third kappa shape index (κ3) is 4.97. The number of likely N-dealkylation sites (tertiary alicyclic amines) is 1. The third-order valence-electron chi connectivity index (χ3n) is 6.57. The van der Waals surface area contributed by atoms with Gasteiger partial charge in [-0.25, -0.2) is 9.78 Å². The van der Waals surface area contributed by atoms with Gasteiger partial charge in [0.1, 0.15) is 17.8 Å². The zero-order valence-corrected chi connectivity index (χ0v) is 20.4. The predicted molar refractivity (Wildman–Crippen MR) is 135 cm³/mol. The molecule has 10 heteroatoms. The molecule has 2 aromatic carbocycles. The maximum atomic E-state index is 13.8. The van der Waals surface area contributed by atoms with E-state index in [0.717, 1.165) is 5.56 Å². The van der Waals surface area contributed by atoms with Gasteiger partial charge in [0.15, 0.2) is 5.60 Å². The molecule has 0 saturated carbocycles. The van der Waals surface area contributed by atoms with Crippen LogP contribution in [0.1, 0.15) is 33.6 Å². The minimum atomic E-state index is -1.03. The topological polar surface area (TPSA) is 124 Å². The molecule has 2 aliphatic rings. The van der Waals surface area contributed by atoms with E-state index in [9.17, 15) is 14.4 Å². The molecule has 9 nitrogen and oxygen atoms in total. The van der Waals surface area contributed by atoms with Crippen molar-refractivity contribution in [2.75, 3.05) is 18.4 Å². The number of amides is 3. The molecule has 3 aromatic rings. The van der Waals surface area contributed by atoms with Gasteiger partial charge in [-0.1, -0.05) is 41.9 Å². The molecule has 186 valence electrons. The van der Waals surface area contributed by atoms with Crippen molar-refractivity contribution in [1.82, 2.24) is 15.2 Å². The number of halogens is 1. The maximum absolute atomic E-state index is 13.8. The monoisotopic (exact) mass is 515 g/mol. The molecule has 2 N–H and O–H groups in total. The Kier molecular flexibility index (Phi) is 6.51. The molecule has 1 fully saturated rings. The van der Waals surface area contributed by atoms with Crippen molar-refractivity contribution < 1.29 is 19.1 Å². The summed E-state index contributed by atoms with van der Waals surface area (Å²) in [5.74, 6) is -0.778. The highest BCUT2D eigenvalue weighted by molar-refractivity contribution is 6.30. The quantitative estimate of drug-likeness (QED) is 0.534. The number of aromatic nitrogens is 1. The Labute approximate surface area is 218 Å². The first-order valence-corrected chi connectivity index (χ1v) is 12.0. The number of hydrogen-bond donors (Lipinski definition) is 2. The summed E-state index contributed by atoms with van der Waals surface area (Å²) < 4.78 is 5.74. The number of nitriles is 1. The second-order valence-corrected chi connectivity index (χ2v) is 9.40. The molecule has 0 aliphatic carbocycles. The van der Waals surface area contributed by atoms with Crippen LogP contribution >= 0.6 is 11.6 Å². The Balaban J connectivity index is 1.40. The summed E-state index contributed by atoms with van der Waals surface area (Å²) in [7, 11) is 0. The zero-order valence-electron chi connectivity index (χ0n) is 19.6. The van der Waals surface area contributed by atoms with Crippen LogP contribution in [0.15, 0.2) is 66.9 Å². The van der Waals surface area contributed by atoms with E-state index in [0.29, 0.717) is 29.2 Å². The highest BCUT2D eigenvalue weighted by atomic mass is 35.5. The summed E-state index contributed by atoms with van der Waals surface area (Å²) in [6.07, 6.45) is 1.37. The van der Waals surface area contributed by atoms with Gasteiger partial charge in [0.25, 0.3) is 5.91 Å². The van der Waals surface area contributed by atoms with Crippen LogP contribution in [-0.2, 0) is 21.6 Å². The molecule has 37 heavy (non-hydrogen) atoms. The number of carbonyl (C=O) groups excluding carboxylic acids is 3. The Bertz CT molecular complexity index is 1410. The smallest absolute Gasteiger partial charge is 0.412 e. The maximum Gasteiger partial charge on any atom is 0.412 e.